The van der Waals surface area contributed by atoms with E-state index in [0.29, 0.717) is 25.7 Å². The van der Waals surface area contributed by atoms with Crippen molar-refractivity contribution < 1.29 is 25.9 Å². The van der Waals surface area contributed by atoms with E-state index in [1.807, 2.05) is 13.8 Å². The fourth-order valence-electron chi connectivity index (χ4n) is 3.84. The lowest BCUT2D eigenvalue weighted by molar-refractivity contribution is 0.212. The molecule has 2 N–H and O–H groups in total. The van der Waals surface area contributed by atoms with Crippen LogP contribution in [0.4, 0.5) is 0 Å². The van der Waals surface area contributed by atoms with Crippen LogP contribution in [-0.4, -0.2) is 36.4 Å². The highest BCUT2D eigenvalue weighted by atomic mass is 32.2. The number of hydrogen-bond acceptors (Lipinski definition) is 4. The zero-order chi connectivity index (χ0) is 19.0. The molecular formula is C16H34O6S2. The molecule has 0 amide bonds. The van der Waals surface area contributed by atoms with Gasteiger partial charge in [0, 0.05) is 0 Å². The van der Waals surface area contributed by atoms with Gasteiger partial charge < -0.3 is 0 Å². The molecule has 0 aliphatic rings. The maximum absolute atomic E-state index is 12.4. The van der Waals surface area contributed by atoms with Crippen LogP contribution in [0.2, 0.25) is 0 Å². The molecule has 0 radical (unpaired) electrons. The Morgan fingerprint density at radius 1 is 0.792 bits per heavy atom. The van der Waals surface area contributed by atoms with Gasteiger partial charge in [0.2, 0.25) is 0 Å². The molecule has 146 valence electrons. The molecule has 2 unspecified atom stereocenters. The van der Waals surface area contributed by atoms with E-state index in [9.17, 15) is 25.9 Å². The molecule has 0 spiro atoms. The molecule has 0 fully saturated rings. The second-order valence-corrected chi connectivity index (χ2v) is 9.81. The van der Waals surface area contributed by atoms with Crippen molar-refractivity contribution in [3.05, 3.63) is 0 Å². The molecule has 0 bridgehead atoms. The van der Waals surface area contributed by atoms with Gasteiger partial charge in [-0.05, 0) is 24.7 Å². The van der Waals surface area contributed by atoms with E-state index in [4.69, 9.17) is 0 Å². The van der Waals surface area contributed by atoms with Crippen LogP contribution in [-0.2, 0) is 20.2 Å². The second kappa shape index (κ2) is 10.1. The lowest BCUT2D eigenvalue weighted by Crippen LogP contribution is -2.56. The Balaban J connectivity index is 6.31. The van der Waals surface area contributed by atoms with E-state index in [2.05, 4.69) is 0 Å². The van der Waals surface area contributed by atoms with Crippen LogP contribution in [0.5, 0.6) is 0 Å². The van der Waals surface area contributed by atoms with E-state index >= 15 is 0 Å². The summed E-state index contributed by atoms with van der Waals surface area (Å²) in [7, 11) is -9.25. The predicted octanol–water partition coefficient (Wildman–Crippen LogP) is 3.93. The molecule has 0 aliphatic carbocycles. The normalized spacial score (nSPS) is 18.1. The summed E-state index contributed by atoms with van der Waals surface area (Å²) >= 11 is 0. The average molecular weight is 387 g/mol. The van der Waals surface area contributed by atoms with Gasteiger partial charge in [-0.15, -0.1) is 0 Å². The van der Waals surface area contributed by atoms with Crippen LogP contribution in [0.3, 0.4) is 0 Å². The van der Waals surface area contributed by atoms with Crippen molar-refractivity contribution in [2.24, 2.45) is 11.8 Å². The van der Waals surface area contributed by atoms with Crippen molar-refractivity contribution in [2.75, 3.05) is 5.75 Å². The maximum atomic E-state index is 12.4. The monoisotopic (exact) mass is 386 g/mol. The molecule has 0 rings (SSSR count). The first-order valence-electron chi connectivity index (χ1n) is 8.92. The lowest BCUT2D eigenvalue weighted by Gasteiger charge is -2.43. The van der Waals surface area contributed by atoms with Gasteiger partial charge in [-0.3, -0.25) is 9.11 Å². The molecular weight excluding hydrogens is 352 g/mol. The number of rotatable bonds is 13. The molecule has 2 atom stereocenters. The Labute approximate surface area is 147 Å². The van der Waals surface area contributed by atoms with E-state index in [0.717, 1.165) is 25.7 Å². The Morgan fingerprint density at radius 2 is 1.17 bits per heavy atom. The van der Waals surface area contributed by atoms with Crippen molar-refractivity contribution in [1.82, 2.24) is 0 Å². The van der Waals surface area contributed by atoms with Gasteiger partial charge in [-0.1, -0.05) is 66.2 Å². The van der Waals surface area contributed by atoms with Crippen LogP contribution in [0, 0.1) is 11.8 Å². The second-order valence-electron chi connectivity index (χ2n) is 6.65. The minimum Gasteiger partial charge on any atom is -0.285 e. The topological polar surface area (TPSA) is 109 Å². The Hall–Kier alpha value is -0.180. The average Bonchev–Trinajstić information content (AvgIpc) is 2.45. The summed E-state index contributed by atoms with van der Waals surface area (Å²) in [5.41, 5.74) is 0. The van der Waals surface area contributed by atoms with Gasteiger partial charge in [0.15, 0.2) is 0 Å². The van der Waals surface area contributed by atoms with Crippen molar-refractivity contribution in [3.63, 3.8) is 0 Å². The molecule has 0 heterocycles. The third-order valence-corrected chi connectivity index (χ3v) is 7.86. The van der Waals surface area contributed by atoms with E-state index in [-0.39, 0.29) is 0 Å². The molecule has 0 aromatic heterocycles. The highest BCUT2D eigenvalue weighted by Crippen LogP contribution is 2.43. The predicted molar refractivity (Wildman–Crippen MR) is 97.3 cm³/mol. The third kappa shape index (κ3) is 6.28. The van der Waals surface area contributed by atoms with Crippen molar-refractivity contribution in [1.29, 1.82) is 0 Å². The van der Waals surface area contributed by atoms with E-state index in [1.54, 1.807) is 13.8 Å². The first-order valence-corrected chi connectivity index (χ1v) is 12.0. The summed E-state index contributed by atoms with van der Waals surface area (Å²) in [5.74, 6) is -1.98. The summed E-state index contributed by atoms with van der Waals surface area (Å²) in [6.45, 7) is 7.55. The minimum absolute atomic E-state index is 0.429. The van der Waals surface area contributed by atoms with Crippen LogP contribution in [0.25, 0.3) is 0 Å². The van der Waals surface area contributed by atoms with Gasteiger partial charge in [0.1, 0.15) is 4.75 Å². The van der Waals surface area contributed by atoms with Crippen molar-refractivity contribution in [2.45, 2.75) is 83.8 Å². The van der Waals surface area contributed by atoms with Gasteiger partial charge >= 0.3 is 0 Å². The summed E-state index contributed by atoms with van der Waals surface area (Å²) < 4.78 is 65.9. The fourth-order valence-corrected chi connectivity index (χ4v) is 7.33. The molecule has 8 heteroatoms. The maximum Gasteiger partial charge on any atom is 0.272 e. The Kier molecular flexibility index (Phi) is 10.0. The van der Waals surface area contributed by atoms with Gasteiger partial charge in [0.25, 0.3) is 20.2 Å². The standard InChI is InChI=1S/C16H34O6S2/c1-5-9-11-14(7-3)16(24(20,21)22,13-23(17,18)19)15(8-4)12-10-6-2/h14-15H,5-13H2,1-4H3,(H,17,18,19)(H,20,21,22). The molecule has 0 aromatic carbocycles. The molecule has 0 aliphatic heterocycles. The van der Waals surface area contributed by atoms with Gasteiger partial charge in [0.05, 0.1) is 5.75 Å². The largest absolute Gasteiger partial charge is 0.285 e. The molecule has 6 nitrogen and oxygen atoms in total. The van der Waals surface area contributed by atoms with Crippen LogP contribution in [0.15, 0.2) is 0 Å². The third-order valence-electron chi connectivity index (χ3n) is 5.07. The van der Waals surface area contributed by atoms with Crippen molar-refractivity contribution >= 4 is 20.2 Å². The van der Waals surface area contributed by atoms with Gasteiger partial charge in [-0.2, -0.15) is 16.8 Å². The number of hydrogen-bond donors (Lipinski definition) is 2. The zero-order valence-corrected chi connectivity index (χ0v) is 17.0. The van der Waals surface area contributed by atoms with Crippen molar-refractivity contribution in [3.8, 4) is 0 Å². The highest BCUT2D eigenvalue weighted by molar-refractivity contribution is 7.90. The number of unbranched alkanes of at least 4 members (excludes halogenated alkanes) is 2. The Bertz CT molecular complexity index is 537. The van der Waals surface area contributed by atoms with Gasteiger partial charge in [-0.25, -0.2) is 0 Å². The lowest BCUT2D eigenvalue weighted by atomic mass is 9.74. The fraction of sp³-hybridized carbons (Fsp3) is 1.00. The molecule has 24 heavy (non-hydrogen) atoms. The zero-order valence-electron chi connectivity index (χ0n) is 15.4. The van der Waals surface area contributed by atoms with Crippen LogP contribution in [0.1, 0.15) is 79.1 Å². The summed E-state index contributed by atoms with van der Waals surface area (Å²) in [6, 6.07) is 0. The highest BCUT2D eigenvalue weighted by Gasteiger charge is 2.55. The Morgan fingerprint density at radius 3 is 1.38 bits per heavy atom. The molecule has 0 aromatic rings. The first kappa shape index (κ1) is 23.8. The smallest absolute Gasteiger partial charge is 0.272 e. The molecule has 0 saturated carbocycles. The van der Waals surface area contributed by atoms with Crippen LogP contribution < -0.4 is 0 Å². The minimum atomic E-state index is -4.68. The summed E-state index contributed by atoms with van der Waals surface area (Å²) in [6.07, 6.45) is 5.04. The first-order chi connectivity index (χ1) is 11.0. The van der Waals surface area contributed by atoms with E-state index < -0.39 is 42.6 Å². The summed E-state index contributed by atoms with van der Waals surface area (Å²) in [4.78, 5) is 0. The van der Waals surface area contributed by atoms with E-state index in [1.165, 1.54) is 0 Å². The molecule has 0 saturated heterocycles. The van der Waals surface area contributed by atoms with Crippen LogP contribution >= 0.6 is 0 Å². The SMILES string of the molecule is CCCCC(CC)C(CS(=O)(=O)O)(C(CC)CCCC)S(=O)(=O)O. The summed E-state index contributed by atoms with van der Waals surface area (Å²) in [5, 5.41) is 0. The quantitative estimate of drug-likeness (QED) is 0.464.